The fourth-order valence-electron chi connectivity index (χ4n) is 1.81. The van der Waals surface area contributed by atoms with Crippen molar-refractivity contribution in [3.8, 4) is 0 Å². The molecular formula is C14H16BrN3. The maximum atomic E-state index is 5.79. The van der Waals surface area contributed by atoms with Crippen LogP contribution in [0.25, 0.3) is 0 Å². The van der Waals surface area contributed by atoms with Crippen LogP contribution in [0.2, 0.25) is 0 Å². The van der Waals surface area contributed by atoms with E-state index < -0.39 is 0 Å². The van der Waals surface area contributed by atoms with Crippen LogP contribution in [-0.2, 0) is 0 Å². The van der Waals surface area contributed by atoms with Crippen molar-refractivity contribution in [1.82, 2.24) is 4.98 Å². The summed E-state index contributed by atoms with van der Waals surface area (Å²) >= 11 is 3.50. The summed E-state index contributed by atoms with van der Waals surface area (Å²) in [5.74, 6) is 0.892. The Bertz CT molecular complexity index is 581. The van der Waals surface area contributed by atoms with E-state index in [-0.39, 0.29) is 0 Å². The lowest BCUT2D eigenvalue weighted by Gasteiger charge is -2.21. The topological polar surface area (TPSA) is 42.1 Å². The Balaban J connectivity index is 2.44. The number of pyridine rings is 1. The van der Waals surface area contributed by atoms with Gasteiger partial charge in [0, 0.05) is 17.2 Å². The second kappa shape index (κ2) is 4.98. The SMILES string of the molecule is Cc1ccc(Br)cc1N(C)c1ccc(N)c(C)n1. The molecule has 1 aromatic carbocycles. The number of aryl methyl sites for hydroxylation is 2. The lowest BCUT2D eigenvalue weighted by atomic mass is 10.2. The Morgan fingerprint density at radius 3 is 2.56 bits per heavy atom. The van der Waals surface area contributed by atoms with Gasteiger partial charge in [-0.1, -0.05) is 22.0 Å². The molecule has 0 fully saturated rings. The highest BCUT2D eigenvalue weighted by molar-refractivity contribution is 9.10. The standard InChI is InChI=1S/C14H16BrN3/c1-9-4-5-11(15)8-13(9)18(3)14-7-6-12(16)10(2)17-14/h4-8H,16H2,1-3H3. The first-order valence-electron chi connectivity index (χ1n) is 5.72. The predicted octanol–water partition coefficient (Wildman–Crippen LogP) is 3.81. The Kier molecular flexibility index (Phi) is 3.57. The van der Waals surface area contributed by atoms with E-state index in [1.807, 2.05) is 32.2 Å². The third-order valence-electron chi connectivity index (χ3n) is 2.99. The molecule has 2 rings (SSSR count). The predicted molar refractivity (Wildman–Crippen MR) is 80.3 cm³/mol. The van der Waals surface area contributed by atoms with Gasteiger partial charge < -0.3 is 10.6 Å². The van der Waals surface area contributed by atoms with Crippen LogP contribution >= 0.6 is 15.9 Å². The monoisotopic (exact) mass is 305 g/mol. The number of halogens is 1. The lowest BCUT2D eigenvalue weighted by Crippen LogP contribution is -2.13. The summed E-state index contributed by atoms with van der Waals surface area (Å²) in [5.41, 5.74) is 9.70. The molecular weight excluding hydrogens is 290 g/mol. The van der Waals surface area contributed by atoms with E-state index in [1.54, 1.807) is 0 Å². The number of benzene rings is 1. The van der Waals surface area contributed by atoms with Crippen molar-refractivity contribution in [3.05, 3.63) is 46.1 Å². The molecule has 2 N–H and O–H groups in total. The first-order valence-corrected chi connectivity index (χ1v) is 6.51. The van der Waals surface area contributed by atoms with Crippen LogP contribution in [0.4, 0.5) is 17.2 Å². The maximum absolute atomic E-state index is 5.79. The Hall–Kier alpha value is -1.55. The van der Waals surface area contributed by atoms with Gasteiger partial charge in [0.2, 0.25) is 0 Å². The summed E-state index contributed by atoms with van der Waals surface area (Å²) in [6.07, 6.45) is 0. The smallest absolute Gasteiger partial charge is 0.133 e. The molecule has 0 saturated heterocycles. The average molecular weight is 306 g/mol. The third kappa shape index (κ3) is 2.48. The molecule has 4 heteroatoms. The summed E-state index contributed by atoms with van der Waals surface area (Å²) in [6.45, 7) is 4.00. The number of anilines is 3. The van der Waals surface area contributed by atoms with Crippen LogP contribution in [0.1, 0.15) is 11.3 Å². The Morgan fingerprint density at radius 2 is 1.89 bits per heavy atom. The Labute approximate surface area is 116 Å². The van der Waals surface area contributed by atoms with Crippen LogP contribution in [0.15, 0.2) is 34.8 Å². The van der Waals surface area contributed by atoms with Gasteiger partial charge in [0.1, 0.15) is 5.82 Å². The van der Waals surface area contributed by atoms with Crippen LogP contribution in [0, 0.1) is 13.8 Å². The van der Waals surface area contributed by atoms with Gasteiger partial charge in [0.05, 0.1) is 11.4 Å². The molecule has 0 atom stereocenters. The molecule has 0 saturated carbocycles. The maximum Gasteiger partial charge on any atom is 0.133 e. The fraction of sp³-hybridized carbons (Fsp3) is 0.214. The normalized spacial score (nSPS) is 10.4. The second-order valence-electron chi connectivity index (χ2n) is 4.33. The molecule has 0 aliphatic carbocycles. The summed E-state index contributed by atoms with van der Waals surface area (Å²) < 4.78 is 1.06. The average Bonchev–Trinajstić information content (AvgIpc) is 2.35. The first kappa shape index (κ1) is 12.9. The van der Waals surface area contributed by atoms with E-state index in [4.69, 9.17) is 5.73 Å². The van der Waals surface area contributed by atoms with Crippen molar-refractivity contribution in [2.24, 2.45) is 0 Å². The summed E-state index contributed by atoms with van der Waals surface area (Å²) in [7, 11) is 2.01. The van der Waals surface area contributed by atoms with Crippen molar-refractivity contribution in [1.29, 1.82) is 0 Å². The zero-order valence-electron chi connectivity index (χ0n) is 10.7. The number of nitrogens with zero attached hydrogens (tertiary/aromatic N) is 2. The minimum absolute atomic E-state index is 0.720. The molecule has 0 spiro atoms. The van der Waals surface area contributed by atoms with E-state index in [0.717, 1.165) is 27.4 Å². The minimum Gasteiger partial charge on any atom is -0.397 e. The number of aromatic nitrogens is 1. The van der Waals surface area contributed by atoms with Gasteiger partial charge in [-0.05, 0) is 43.7 Å². The molecule has 0 radical (unpaired) electrons. The number of hydrogen-bond donors (Lipinski definition) is 1. The molecule has 0 bridgehead atoms. The highest BCUT2D eigenvalue weighted by Crippen LogP contribution is 2.29. The summed E-state index contributed by atoms with van der Waals surface area (Å²) in [5, 5.41) is 0. The molecule has 1 aromatic heterocycles. The van der Waals surface area contributed by atoms with Gasteiger partial charge >= 0.3 is 0 Å². The van der Waals surface area contributed by atoms with E-state index in [9.17, 15) is 0 Å². The Morgan fingerprint density at radius 1 is 1.17 bits per heavy atom. The summed E-state index contributed by atoms with van der Waals surface area (Å²) in [6, 6.07) is 10.0. The van der Waals surface area contributed by atoms with Gasteiger partial charge in [-0.2, -0.15) is 0 Å². The van der Waals surface area contributed by atoms with E-state index >= 15 is 0 Å². The zero-order valence-corrected chi connectivity index (χ0v) is 12.3. The van der Waals surface area contributed by atoms with Gasteiger partial charge in [-0.15, -0.1) is 0 Å². The highest BCUT2D eigenvalue weighted by Gasteiger charge is 2.09. The van der Waals surface area contributed by atoms with Gasteiger partial charge in [-0.3, -0.25) is 0 Å². The van der Waals surface area contributed by atoms with E-state index in [1.165, 1.54) is 5.56 Å². The second-order valence-corrected chi connectivity index (χ2v) is 5.25. The molecule has 18 heavy (non-hydrogen) atoms. The number of nitrogen functional groups attached to an aromatic ring is 1. The molecule has 0 unspecified atom stereocenters. The van der Waals surface area contributed by atoms with Crippen molar-refractivity contribution in [2.75, 3.05) is 17.7 Å². The van der Waals surface area contributed by atoms with Crippen LogP contribution in [0.5, 0.6) is 0 Å². The molecule has 0 aliphatic heterocycles. The van der Waals surface area contributed by atoms with Crippen molar-refractivity contribution < 1.29 is 0 Å². The quantitative estimate of drug-likeness (QED) is 0.917. The third-order valence-corrected chi connectivity index (χ3v) is 3.48. The first-order chi connectivity index (χ1) is 8.49. The molecule has 3 nitrogen and oxygen atoms in total. The van der Waals surface area contributed by atoms with Gasteiger partial charge in [0.25, 0.3) is 0 Å². The van der Waals surface area contributed by atoms with Crippen LogP contribution in [0.3, 0.4) is 0 Å². The molecule has 0 amide bonds. The van der Waals surface area contributed by atoms with Gasteiger partial charge in [-0.25, -0.2) is 4.98 Å². The van der Waals surface area contributed by atoms with Crippen LogP contribution in [-0.4, -0.2) is 12.0 Å². The van der Waals surface area contributed by atoms with Crippen molar-refractivity contribution in [3.63, 3.8) is 0 Å². The van der Waals surface area contributed by atoms with Crippen LogP contribution < -0.4 is 10.6 Å². The fourth-order valence-corrected chi connectivity index (χ4v) is 2.16. The van der Waals surface area contributed by atoms with Gasteiger partial charge in [0.15, 0.2) is 0 Å². The summed E-state index contributed by atoms with van der Waals surface area (Å²) in [4.78, 5) is 6.57. The van der Waals surface area contributed by atoms with E-state index in [0.29, 0.717) is 0 Å². The minimum atomic E-state index is 0.720. The number of nitrogens with two attached hydrogens (primary N) is 1. The zero-order chi connectivity index (χ0) is 13.3. The molecule has 94 valence electrons. The lowest BCUT2D eigenvalue weighted by molar-refractivity contribution is 1.08. The molecule has 2 aromatic rings. The molecule has 1 heterocycles. The number of rotatable bonds is 2. The van der Waals surface area contributed by atoms with Crippen molar-refractivity contribution in [2.45, 2.75) is 13.8 Å². The highest BCUT2D eigenvalue weighted by atomic mass is 79.9. The van der Waals surface area contributed by atoms with E-state index in [2.05, 4.69) is 44.9 Å². The van der Waals surface area contributed by atoms with Crippen molar-refractivity contribution >= 4 is 33.1 Å². The largest absolute Gasteiger partial charge is 0.397 e. The molecule has 0 aliphatic rings. The number of hydrogen-bond acceptors (Lipinski definition) is 3.